The SMILES string of the molecule is Cc1noc(C)c1-c1ccc2c(c1)Cc1cccc(c1)C(=O)NCCNCCO2. The van der Waals surface area contributed by atoms with Crippen LogP contribution >= 0.6 is 0 Å². The van der Waals surface area contributed by atoms with Crippen molar-refractivity contribution >= 4 is 5.91 Å². The number of fused-ring (bicyclic) bond motifs is 3. The lowest BCUT2D eigenvalue weighted by atomic mass is 9.96. The van der Waals surface area contributed by atoms with Crippen molar-refractivity contribution in [2.24, 2.45) is 0 Å². The van der Waals surface area contributed by atoms with Crippen LogP contribution in [0.5, 0.6) is 5.75 Å². The van der Waals surface area contributed by atoms with Crippen LogP contribution in [0.15, 0.2) is 47.0 Å². The van der Waals surface area contributed by atoms with E-state index in [-0.39, 0.29) is 5.91 Å². The summed E-state index contributed by atoms with van der Waals surface area (Å²) >= 11 is 0. The van der Waals surface area contributed by atoms with Gasteiger partial charge < -0.3 is 19.9 Å². The number of carbonyl (C=O) groups excluding carboxylic acids is 1. The standard InChI is InChI=1S/C23H25N3O3/c1-15-22(16(2)29-26-15)18-6-7-21-20(14-18)13-17-4-3-5-19(12-17)23(27)25-9-8-24-10-11-28-21/h3-7,12,14,24H,8-11,13H2,1-2H3,(H,25,27). The number of nitrogens with zero attached hydrogens (tertiary/aromatic N) is 1. The van der Waals surface area contributed by atoms with Crippen LogP contribution in [0, 0.1) is 13.8 Å². The lowest BCUT2D eigenvalue weighted by Crippen LogP contribution is -2.33. The Bertz CT molecular complexity index is 1010. The largest absolute Gasteiger partial charge is 0.492 e. The minimum absolute atomic E-state index is 0.0494. The van der Waals surface area contributed by atoms with Crippen molar-refractivity contribution in [3.05, 3.63) is 70.6 Å². The van der Waals surface area contributed by atoms with E-state index in [1.165, 1.54) is 0 Å². The van der Waals surface area contributed by atoms with Crippen LogP contribution in [-0.2, 0) is 6.42 Å². The van der Waals surface area contributed by atoms with E-state index in [2.05, 4.69) is 21.9 Å². The summed E-state index contributed by atoms with van der Waals surface area (Å²) in [4.78, 5) is 12.4. The Kier molecular flexibility index (Phi) is 5.62. The molecule has 4 rings (SSSR count). The van der Waals surface area contributed by atoms with Crippen LogP contribution in [0.3, 0.4) is 0 Å². The highest BCUT2D eigenvalue weighted by atomic mass is 16.5. The summed E-state index contributed by atoms with van der Waals surface area (Å²) in [6.45, 7) is 6.43. The number of aryl methyl sites for hydroxylation is 2. The molecule has 3 aromatic rings. The normalized spacial score (nSPS) is 15.0. The lowest BCUT2D eigenvalue weighted by molar-refractivity contribution is 0.0953. The first-order chi connectivity index (χ1) is 14.1. The molecule has 2 bridgehead atoms. The molecule has 1 aromatic heterocycles. The number of ether oxygens (including phenoxy) is 1. The smallest absolute Gasteiger partial charge is 0.251 e. The summed E-state index contributed by atoms with van der Waals surface area (Å²) < 4.78 is 11.4. The molecule has 0 saturated heterocycles. The summed E-state index contributed by atoms with van der Waals surface area (Å²) in [6, 6.07) is 13.9. The first-order valence-electron chi connectivity index (χ1n) is 9.88. The van der Waals surface area contributed by atoms with Crippen LogP contribution in [0.1, 0.15) is 32.9 Å². The molecule has 1 aliphatic heterocycles. The van der Waals surface area contributed by atoms with Gasteiger partial charge in [-0.1, -0.05) is 23.4 Å². The Morgan fingerprint density at radius 1 is 1.00 bits per heavy atom. The second-order valence-corrected chi connectivity index (χ2v) is 7.25. The molecule has 0 aliphatic carbocycles. The van der Waals surface area contributed by atoms with E-state index in [4.69, 9.17) is 9.26 Å². The van der Waals surface area contributed by atoms with Crippen molar-refractivity contribution in [2.75, 3.05) is 26.2 Å². The highest BCUT2D eigenvalue weighted by Gasteiger charge is 2.15. The average molecular weight is 391 g/mol. The predicted octanol–water partition coefficient (Wildman–Crippen LogP) is 3.26. The molecule has 2 N–H and O–H groups in total. The summed E-state index contributed by atoms with van der Waals surface area (Å²) in [7, 11) is 0. The number of aromatic nitrogens is 1. The number of hydrogen-bond donors (Lipinski definition) is 2. The molecule has 0 atom stereocenters. The summed E-state index contributed by atoms with van der Waals surface area (Å²) in [5, 5.41) is 10.3. The van der Waals surface area contributed by atoms with Crippen LogP contribution in [-0.4, -0.2) is 37.3 Å². The molecule has 0 radical (unpaired) electrons. The van der Waals surface area contributed by atoms with Crippen molar-refractivity contribution in [3.8, 4) is 16.9 Å². The Hall–Kier alpha value is -3.12. The van der Waals surface area contributed by atoms with Gasteiger partial charge in [-0.2, -0.15) is 0 Å². The predicted molar refractivity (Wildman–Crippen MR) is 111 cm³/mol. The van der Waals surface area contributed by atoms with Gasteiger partial charge in [0.2, 0.25) is 0 Å². The van der Waals surface area contributed by atoms with Gasteiger partial charge in [0.15, 0.2) is 0 Å². The van der Waals surface area contributed by atoms with E-state index in [0.29, 0.717) is 38.2 Å². The molecule has 150 valence electrons. The molecule has 0 saturated carbocycles. The van der Waals surface area contributed by atoms with Gasteiger partial charge in [0.1, 0.15) is 18.1 Å². The Labute approximate surface area is 170 Å². The van der Waals surface area contributed by atoms with Gasteiger partial charge in [-0.05, 0) is 54.8 Å². The monoisotopic (exact) mass is 391 g/mol. The zero-order valence-electron chi connectivity index (χ0n) is 16.7. The average Bonchev–Trinajstić information content (AvgIpc) is 3.06. The Morgan fingerprint density at radius 2 is 1.90 bits per heavy atom. The van der Waals surface area contributed by atoms with Crippen molar-refractivity contribution < 1.29 is 14.1 Å². The Balaban J connectivity index is 1.74. The van der Waals surface area contributed by atoms with E-state index in [1.54, 1.807) is 0 Å². The maximum atomic E-state index is 12.4. The number of amides is 1. The maximum absolute atomic E-state index is 12.4. The molecule has 6 heteroatoms. The second kappa shape index (κ2) is 8.49. The topological polar surface area (TPSA) is 76.4 Å². The minimum atomic E-state index is -0.0494. The van der Waals surface area contributed by atoms with Gasteiger partial charge in [0.25, 0.3) is 5.91 Å². The third-order valence-electron chi connectivity index (χ3n) is 5.09. The van der Waals surface area contributed by atoms with Gasteiger partial charge in [-0.15, -0.1) is 0 Å². The summed E-state index contributed by atoms with van der Waals surface area (Å²) in [5.41, 5.74) is 5.74. The fourth-order valence-electron chi connectivity index (χ4n) is 3.68. The molecule has 0 fully saturated rings. The van der Waals surface area contributed by atoms with Gasteiger partial charge in [-0.3, -0.25) is 4.79 Å². The lowest BCUT2D eigenvalue weighted by Gasteiger charge is -2.15. The molecule has 1 amide bonds. The molecular weight excluding hydrogens is 366 g/mol. The van der Waals surface area contributed by atoms with Gasteiger partial charge in [-0.25, -0.2) is 0 Å². The number of benzene rings is 2. The highest BCUT2D eigenvalue weighted by molar-refractivity contribution is 5.94. The number of hydrogen-bond acceptors (Lipinski definition) is 5. The van der Waals surface area contributed by atoms with E-state index in [0.717, 1.165) is 39.5 Å². The number of rotatable bonds is 1. The number of nitrogens with one attached hydrogen (secondary N) is 2. The van der Waals surface area contributed by atoms with E-state index in [9.17, 15) is 4.79 Å². The van der Waals surface area contributed by atoms with E-state index >= 15 is 0 Å². The first-order valence-corrected chi connectivity index (χ1v) is 9.88. The molecule has 6 nitrogen and oxygen atoms in total. The van der Waals surface area contributed by atoms with Crippen LogP contribution in [0.25, 0.3) is 11.1 Å². The molecule has 2 heterocycles. The zero-order chi connectivity index (χ0) is 20.2. The highest BCUT2D eigenvalue weighted by Crippen LogP contribution is 2.32. The first kappa shape index (κ1) is 19.2. The molecule has 1 aliphatic rings. The van der Waals surface area contributed by atoms with Gasteiger partial charge >= 0.3 is 0 Å². The summed E-state index contributed by atoms with van der Waals surface area (Å²) in [5.74, 6) is 1.60. The third kappa shape index (κ3) is 4.32. The van der Waals surface area contributed by atoms with Gasteiger partial charge in [0.05, 0.1) is 5.69 Å². The van der Waals surface area contributed by atoms with Crippen molar-refractivity contribution in [2.45, 2.75) is 20.3 Å². The quantitative estimate of drug-likeness (QED) is 0.666. The Morgan fingerprint density at radius 3 is 2.72 bits per heavy atom. The van der Waals surface area contributed by atoms with Gasteiger partial charge in [0, 0.05) is 37.2 Å². The van der Waals surface area contributed by atoms with Crippen LogP contribution in [0.2, 0.25) is 0 Å². The van der Waals surface area contributed by atoms with Crippen LogP contribution in [0.4, 0.5) is 0 Å². The van der Waals surface area contributed by atoms with E-state index < -0.39 is 0 Å². The fraction of sp³-hybridized carbons (Fsp3) is 0.304. The second-order valence-electron chi connectivity index (χ2n) is 7.25. The van der Waals surface area contributed by atoms with Crippen molar-refractivity contribution in [1.82, 2.24) is 15.8 Å². The number of carbonyl (C=O) groups is 1. The summed E-state index contributed by atoms with van der Waals surface area (Å²) in [6.07, 6.45) is 0.668. The van der Waals surface area contributed by atoms with Crippen molar-refractivity contribution in [1.29, 1.82) is 0 Å². The third-order valence-corrected chi connectivity index (χ3v) is 5.09. The molecule has 0 unspecified atom stereocenters. The maximum Gasteiger partial charge on any atom is 0.251 e. The van der Waals surface area contributed by atoms with Crippen molar-refractivity contribution in [3.63, 3.8) is 0 Å². The molecular formula is C23H25N3O3. The molecule has 29 heavy (non-hydrogen) atoms. The fourth-order valence-corrected chi connectivity index (χ4v) is 3.68. The minimum Gasteiger partial charge on any atom is -0.492 e. The van der Waals surface area contributed by atoms with Crippen LogP contribution < -0.4 is 15.4 Å². The van der Waals surface area contributed by atoms with E-state index in [1.807, 2.05) is 50.2 Å². The molecule has 2 aromatic carbocycles. The molecule has 0 spiro atoms. The zero-order valence-corrected chi connectivity index (χ0v) is 16.7.